The van der Waals surface area contributed by atoms with Gasteiger partial charge in [0.25, 0.3) is 21.8 Å². The Morgan fingerprint density at radius 3 is 2.62 bits per heavy atom. The van der Waals surface area contributed by atoms with Crippen LogP contribution in [0.5, 0.6) is 5.75 Å². The molecule has 0 unspecified atom stereocenters. The molecule has 0 aliphatic carbocycles. The maximum Gasteiger partial charge on any atom is 0.269 e. The number of benzene rings is 2. The summed E-state index contributed by atoms with van der Waals surface area (Å²) >= 11 is 0. The number of hydrogen-bond donors (Lipinski definition) is 3. The van der Waals surface area contributed by atoms with E-state index in [-0.39, 0.29) is 16.1 Å². The van der Waals surface area contributed by atoms with Crippen LogP contribution in [0.15, 0.2) is 53.4 Å². The molecule has 1 atom stereocenters. The Morgan fingerprint density at radius 1 is 1.10 bits per heavy atom. The molecule has 9 nitrogen and oxygen atoms in total. The summed E-state index contributed by atoms with van der Waals surface area (Å²) < 4.78 is 38.2. The number of carbonyl (C=O) groups is 2. The van der Waals surface area contributed by atoms with Crippen molar-refractivity contribution < 1.29 is 27.5 Å². The summed E-state index contributed by atoms with van der Waals surface area (Å²) in [4.78, 5) is 24.1. The molecule has 1 heterocycles. The minimum absolute atomic E-state index is 0.0699. The van der Waals surface area contributed by atoms with Gasteiger partial charge >= 0.3 is 0 Å². The average Bonchev–Trinajstić information content (AvgIpc) is 3.27. The van der Waals surface area contributed by atoms with Crippen molar-refractivity contribution in [2.45, 2.75) is 23.8 Å². The number of para-hydroxylation sites is 2. The van der Waals surface area contributed by atoms with Gasteiger partial charge < -0.3 is 9.47 Å². The van der Waals surface area contributed by atoms with E-state index < -0.39 is 27.9 Å². The van der Waals surface area contributed by atoms with Gasteiger partial charge in [0.05, 0.1) is 17.7 Å². The Labute approximate surface area is 168 Å². The first-order chi connectivity index (χ1) is 13.9. The van der Waals surface area contributed by atoms with Crippen LogP contribution < -0.4 is 20.3 Å². The molecule has 0 radical (unpaired) electrons. The number of rotatable bonds is 6. The van der Waals surface area contributed by atoms with Gasteiger partial charge in [-0.3, -0.25) is 25.2 Å². The molecule has 1 fully saturated rings. The van der Waals surface area contributed by atoms with E-state index in [0.717, 1.165) is 6.42 Å². The third kappa shape index (κ3) is 5.04. The monoisotopic (exact) mass is 419 g/mol. The summed E-state index contributed by atoms with van der Waals surface area (Å²) in [7, 11) is -2.53. The van der Waals surface area contributed by atoms with Gasteiger partial charge in [0, 0.05) is 12.2 Å². The first-order valence-corrected chi connectivity index (χ1v) is 10.4. The average molecular weight is 419 g/mol. The van der Waals surface area contributed by atoms with E-state index >= 15 is 0 Å². The fraction of sp³-hybridized carbons (Fsp3) is 0.263. The minimum Gasteiger partial charge on any atom is -0.495 e. The number of methoxy groups -OCH3 is 1. The second-order valence-corrected chi connectivity index (χ2v) is 7.96. The van der Waals surface area contributed by atoms with Crippen molar-refractivity contribution in [2.75, 3.05) is 18.4 Å². The van der Waals surface area contributed by atoms with Crippen molar-refractivity contribution in [1.82, 2.24) is 10.9 Å². The first kappa shape index (κ1) is 20.6. The standard InChI is InChI=1S/C19H21N3O6S/c1-27-16-9-3-2-8-15(16)22-29(25,26)14-7-4-6-13(12-14)18(23)20-21-19(24)17-10-5-11-28-17/h2-4,6-9,12,17,22H,5,10-11H2,1H3,(H,20,23)(H,21,24)/t17-/m0/s1. The molecule has 154 valence electrons. The highest BCUT2D eigenvalue weighted by atomic mass is 32.2. The van der Waals surface area contributed by atoms with Crippen LogP contribution in [0.4, 0.5) is 5.69 Å². The molecule has 1 saturated heterocycles. The van der Waals surface area contributed by atoms with Crippen LogP contribution >= 0.6 is 0 Å². The Morgan fingerprint density at radius 2 is 1.90 bits per heavy atom. The predicted molar refractivity (Wildman–Crippen MR) is 105 cm³/mol. The molecule has 3 rings (SSSR count). The molecule has 1 aliphatic rings. The van der Waals surface area contributed by atoms with Crippen molar-refractivity contribution in [2.24, 2.45) is 0 Å². The molecule has 0 aromatic heterocycles. The zero-order valence-corrected chi connectivity index (χ0v) is 16.5. The van der Waals surface area contributed by atoms with Crippen LogP contribution in [0.2, 0.25) is 0 Å². The van der Waals surface area contributed by atoms with Crippen LogP contribution in [0.25, 0.3) is 0 Å². The van der Waals surface area contributed by atoms with E-state index in [1.807, 2.05) is 0 Å². The lowest BCUT2D eigenvalue weighted by Crippen LogP contribution is -2.46. The van der Waals surface area contributed by atoms with Gasteiger partial charge in [0.2, 0.25) is 0 Å². The molecule has 0 spiro atoms. The number of sulfonamides is 1. The number of amides is 2. The van der Waals surface area contributed by atoms with E-state index in [4.69, 9.17) is 9.47 Å². The molecule has 10 heteroatoms. The highest BCUT2D eigenvalue weighted by Gasteiger charge is 2.24. The van der Waals surface area contributed by atoms with Crippen molar-refractivity contribution in [1.29, 1.82) is 0 Å². The van der Waals surface area contributed by atoms with Crippen LogP contribution in [0, 0.1) is 0 Å². The summed E-state index contributed by atoms with van der Waals surface area (Å²) in [6, 6.07) is 12.0. The SMILES string of the molecule is COc1ccccc1NS(=O)(=O)c1cccc(C(=O)NNC(=O)[C@@H]2CCCO2)c1. The normalized spacial score (nSPS) is 16.1. The van der Waals surface area contributed by atoms with Gasteiger partial charge in [-0.05, 0) is 43.2 Å². The van der Waals surface area contributed by atoms with Gasteiger partial charge in [0.15, 0.2) is 0 Å². The van der Waals surface area contributed by atoms with Gasteiger partial charge in [-0.2, -0.15) is 0 Å². The quantitative estimate of drug-likeness (QED) is 0.609. The zero-order valence-electron chi connectivity index (χ0n) is 15.7. The van der Waals surface area contributed by atoms with Gasteiger partial charge in [-0.25, -0.2) is 8.42 Å². The molecule has 2 amide bonds. The number of hydrazine groups is 1. The van der Waals surface area contributed by atoms with E-state index in [1.165, 1.54) is 31.4 Å². The molecule has 0 saturated carbocycles. The Balaban J connectivity index is 1.70. The molecule has 2 aromatic carbocycles. The van der Waals surface area contributed by atoms with Crippen molar-refractivity contribution in [3.63, 3.8) is 0 Å². The topological polar surface area (TPSA) is 123 Å². The maximum absolute atomic E-state index is 12.7. The fourth-order valence-electron chi connectivity index (χ4n) is 2.79. The molecular formula is C19H21N3O6S. The number of nitrogens with one attached hydrogen (secondary N) is 3. The lowest BCUT2D eigenvalue weighted by atomic mass is 10.2. The fourth-order valence-corrected chi connectivity index (χ4v) is 3.91. The highest BCUT2D eigenvalue weighted by Crippen LogP contribution is 2.26. The maximum atomic E-state index is 12.7. The van der Waals surface area contributed by atoms with Crippen LogP contribution in [-0.4, -0.2) is 40.1 Å². The molecule has 1 aliphatic heterocycles. The molecule has 2 aromatic rings. The van der Waals surface area contributed by atoms with E-state index in [1.54, 1.807) is 24.3 Å². The van der Waals surface area contributed by atoms with Crippen LogP contribution in [-0.2, 0) is 19.6 Å². The highest BCUT2D eigenvalue weighted by molar-refractivity contribution is 7.92. The Bertz CT molecular complexity index is 1000. The molecular weight excluding hydrogens is 398 g/mol. The second kappa shape index (κ2) is 8.93. The van der Waals surface area contributed by atoms with Gasteiger partial charge in [-0.1, -0.05) is 18.2 Å². The lowest BCUT2D eigenvalue weighted by Gasteiger charge is -2.13. The van der Waals surface area contributed by atoms with Crippen LogP contribution in [0.1, 0.15) is 23.2 Å². The Hall–Kier alpha value is -3.11. The largest absolute Gasteiger partial charge is 0.495 e. The summed E-state index contributed by atoms with van der Waals surface area (Å²) in [5.41, 5.74) is 4.90. The van der Waals surface area contributed by atoms with E-state index in [0.29, 0.717) is 18.8 Å². The smallest absolute Gasteiger partial charge is 0.269 e. The van der Waals surface area contributed by atoms with Crippen molar-refractivity contribution in [3.05, 3.63) is 54.1 Å². The zero-order chi connectivity index (χ0) is 20.9. The van der Waals surface area contributed by atoms with Crippen molar-refractivity contribution >= 4 is 27.5 Å². The Kier molecular flexibility index (Phi) is 6.35. The third-order valence-electron chi connectivity index (χ3n) is 4.28. The lowest BCUT2D eigenvalue weighted by molar-refractivity contribution is -0.130. The first-order valence-electron chi connectivity index (χ1n) is 8.88. The van der Waals surface area contributed by atoms with Gasteiger partial charge in [-0.15, -0.1) is 0 Å². The predicted octanol–water partition coefficient (Wildman–Crippen LogP) is 1.44. The van der Waals surface area contributed by atoms with E-state index in [2.05, 4.69) is 15.6 Å². The molecule has 29 heavy (non-hydrogen) atoms. The number of ether oxygens (including phenoxy) is 2. The summed E-state index contributed by atoms with van der Waals surface area (Å²) in [6.45, 7) is 0.505. The van der Waals surface area contributed by atoms with Crippen LogP contribution in [0.3, 0.4) is 0 Å². The minimum atomic E-state index is -3.96. The summed E-state index contributed by atoms with van der Waals surface area (Å²) in [6.07, 6.45) is 0.780. The van der Waals surface area contributed by atoms with Crippen molar-refractivity contribution in [3.8, 4) is 5.75 Å². The number of anilines is 1. The second-order valence-electron chi connectivity index (χ2n) is 6.28. The molecule has 3 N–H and O–H groups in total. The van der Waals surface area contributed by atoms with Gasteiger partial charge in [0.1, 0.15) is 11.9 Å². The summed E-state index contributed by atoms with van der Waals surface area (Å²) in [5, 5.41) is 0. The number of hydrogen-bond acceptors (Lipinski definition) is 6. The molecule has 0 bridgehead atoms. The van der Waals surface area contributed by atoms with E-state index in [9.17, 15) is 18.0 Å². The third-order valence-corrected chi connectivity index (χ3v) is 5.64. The summed E-state index contributed by atoms with van der Waals surface area (Å²) in [5.74, 6) is -0.732. The number of carbonyl (C=O) groups excluding carboxylic acids is 2.